The van der Waals surface area contributed by atoms with Gasteiger partial charge in [-0.05, 0) is 325 Å². The Labute approximate surface area is 786 Å². The molecule has 0 radical (unpaired) electrons. The van der Waals surface area contributed by atoms with Crippen LogP contribution in [0.1, 0.15) is 150 Å². The van der Waals surface area contributed by atoms with Crippen LogP contribution in [-0.2, 0) is 32.5 Å². The van der Waals surface area contributed by atoms with Crippen molar-refractivity contribution in [2.24, 2.45) is 0 Å². The van der Waals surface area contributed by atoms with E-state index in [1.165, 1.54) is 276 Å². The zero-order chi connectivity index (χ0) is 90.5. The van der Waals surface area contributed by atoms with E-state index in [1.54, 1.807) is 0 Å². The van der Waals surface area contributed by atoms with Crippen LogP contribution in [0.3, 0.4) is 0 Å². The second-order valence-corrected chi connectivity index (χ2v) is 42.0. The molecule has 0 fully saturated rings. The molecule has 0 aliphatic heterocycles. The molecule has 21 aromatic rings. The van der Waals surface area contributed by atoms with E-state index < -0.39 is 0 Å². The van der Waals surface area contributed by atoms with Crippen molar-refractivity contribution in [3.8, 4) is 156 Å². The van der Waals surface area contributed by atoms with Gasteiger partial charge in [0.2, 0.25) is 0 Å². The smallest absolute Gasteiger partial charge is 0.0159 e. The summed E-state index contributed by atoms with van der Waals surface area (Å²) in [4.78, 5) is 0. The van der Waals surface area contributed by atoms with E-state index in [0.717, 1.165) is 0 Å². The third-order valence-corrected chi connectivity index (χ3v) is 32.8. The molecular weight excluding hydrogens is 1610 g/mol. The highest BCUT2D eigenvalue weighted by atomic mass is 14.5. The van der Waals surface area contributed by atoms with Gasteiger partial charge >= 0.3 is 0 Å². The maximum atomic E-state index is 2.53. The average Bonchev–Trinajstić information content (AvgIpc) is 0.808. The van der Waals surface area contributed by atoms with Gasteiger partial charge in [-0.2, -0.15) is 0 Å². The Kier molecular flexibility index (Phi) is 17.1. The summed E-state index contributed by atoms with van der Waals surface area (Å²) in [5, 5.41) is 12.8. The summed E-state index contributed by atoms with van der Waals surface area (Å²) in [5.74, 6) is 0. The van der Waals surface area contributed by atoms with Crippen LogP contribution in [0, 0.1) is 0 Å². The third kappa shape index (κ3) is 11.4. The Balaban J connectivity index is 0.000000140. The Morgan fingerprint density at radius 1 is 0.112 bits per heavy atom. The van der Waals surface area contributed by atoms with E-state index in [0.29, 0.717) is 0 Å². The van der Waals surface area contributed by atoms with Gasteiger partial charge in [0.15, 0.2) is 0 Å². The number of hydrogen-bond acceptors (Lipinski definition) is 0. The van der Waals surface area contributed by atoms with Crippen LogP contribution < -0.4 is 0 Å². The quantitative estimate of drug-likeness (QED) is 0.133. The summed E-state index contributed by atoms with van der Waals surface area (Å²) in [5.41, 5.74) is 52.5. The Morgan fingerprint density at radius 2 is 0.351 bits per heavy atom. The molecule has 0 N–H and O–H groups in total. The monoisotopic (exact) mass is 1710 g/mol. The normalized spacial score (nSPS) is 15.2. The van der Waals surface area contributed by atoms with Gasteiger partial charge in [-0.25, -0.2) is 0 Å². The van der Waals surface area contributed by atoms with Crippen molar-refractivity contribution in [2.75, 3.05) is 0 Å². The summed E-state index contributed by atoms with van der Waals surface area (Å²) in [6.45, 7) is 28.8. The minimum atomic E-state index is -0.203. The van der Waals surface area contributed by atoms with Gasteiger partial charge in [0.25, 0.3) is 0 Å². The van der Waals surface area contributed by atoms with E-state index in [2.05, 4.69) is 483 Å². The fraction of sp³-hybridized carbons (Fsp3) is 0.134. The molecule has 0 heterocycles. The van der Waals surface area contributed by atoms with E-state index in [9.17, 15) is 0 Å². The molecular formula is C134H102. The molecule has 6 aliphatic carbocycles. The van der Waals surface area contributed by atoms with E-state index >= 15 is 0 Å². The third-order valence-electron chi connectivity index (χ3n) is 32.8. The molecule has 0 saturated heterocycles. The molecule has 0 amide bonds. The van der Waals surface area contributed by atoms with Crippen molar-refractivity contribution >= 4 is 53.9 Å². The van der Waals surface area contributed by atoms with Gasteiger partial charge in [0, 0.05) is 32.5 Å². The van der Waals surface area contributed by atoms with Crippen LogP contribution in [-0.4, -0.2) is 0 Å². The minimum Gasteiger partial charge on any atom is -0.0622 e. The number of fused-ring (bicyclic) bond motifs is 23. The maximum Gasteiger partial charge on any atom is 0.0159 e. The highest BCUT2D eigenvalue weighted by molar-refractivity contribution is 6.26. The van der Waals surface area contributed by atoms with Crippen molar-refractivity contribution in [2.45, 2.75) is 116 Å². The lowest BCUT2D eigenvalue weighted by Gasteiger charge is -2.24. The van der Waals surface area contributed by atoms with Gasteiger partial charge < -0.3 is 0 Å². The lowest BCUT2D eigenvalue weighted by molar-refractivity contribution is 0.660. The molecule has 0 unspecified atom stereocenters. The van der Waals surface area contributed by atoms with Gasteiger partial charge in [-0.15, -0.1) is 0 Å². The molecule has 0 saturated carbocycles. The van der Waals surface area contributed by atoms with Crippen molar-refractivity contribution < 1.29 is 0 Å². The molecule has 0 atom stereocenters. The first-order valence-corrected chi connectivity index (χ1v) is 48.1. The summed E-state index contributed by atoms with van der Waals surface area (Å²) in [6, 6.07) is 153. The fourth-order valence-corrected chi connectivity index (χ4v) is 25.9. The zero-order valence-corrected chi connectivity index (χ0v) is 78.1. The second kappa shape index (κ2) is 28.7. The molecule has 0 heteroatoms. The first-order valence-electron chi connectivity index (χ1n) is 48.1. The van der Waals surface area contributed by atoms with Gasteiger partial charge in [-0.3, -0.25) is 0 Å². The first kappa shape index (κ1) is 79.8. The molecule has 27 rings (SSSR count). The Hall–Kier alpha value is -15.1. The zero-order valence-electron chi connectivity index (χ0n) is 78.1. The molecule has 638 valence electrons. The van der Waals surface area contributed by atoms with Crippen molar-refractivity contribution in [1.29, 1.82) is 0 Å². The molecule has 6 aliphatic rings. The summed E-state index contributed by atoms with van der Waals surface area (Å²) in [6.07, 6.45) is 0. The van der Waals surface area contributed by atoms with E-state index in [-0.39, 0.29) is 32.5 Å². The van der Waals surface area contributed by atoms with Crippen LogP contribution in [0.5, 0.6) is 0 Å². The Morgan fingerprint density at radius 3 is 0.769 bits per heavy atom. The van der Waals surface area contributed by atoms with Crippen molar-refractivity contribution in [3.63, 3.8) is 0 Å². The second-order valence-electron chi connectivity index (χ2n) is 42.0. The Bertz CT molecular complexity index is 8710. The van der Waals surface area contributed by atoms with E-state index in [1.807, 2.05) is 0 Å². The highest BCUT2D eigenvalue weighted by Gasteiger charge is 2.44. The van der Waals surface area contributed by atoms with Crippen LogP contribution in [0.25, 0.3) is 210 Å². The van der Waals surface area contributed by atoms with E-state index in [4.69, 9.17) is 0 Å². The van der Waals surface area contributed by atoms with Crippen LogP contribution >= 0.6 is 0 Å². The summed E-state index contributed by atoms with van der Waals surface area (Å²) >= 11 is 0. The predicted molar refractivity (Wildman–Crippen MR) is 569 cm³/mol. The first-order chi connectivity index (χ1) is 65.0. The maximum absolute atomic E-state index is 2.53. The predicted octanol–water partition coefficient (Wildman–Crippen LogP) is 36.3. The number of rotatable bonds is 8. The van der Waals surface area contributed by atoms with Gasteiger partial charge in [0.05, 0.1) is 0 Å². The number of benzene rings is 21. The lowest BCUT2D eigenvalue weighted by atomic mass is 9.79. The topological polar surface area (TPSA) is 0 Å². The molecule has 0 nitrogen and oxygen atoms in total. The number of hydrogen-bond donors (Lipinski definition) is 0. The SMILES string of the molecule is CC1(C)c2ccccc2-c2ccc(-c3ccc4c(-c5ccc6c(c5)C(C)(C)c5cc(-c7cccc8ccccc78)ccc5-6)c5ccccc5c(-c5cccc6c5-c5ccccc5C6(C)C)c4c3)cc21.CC1(C)c2ccccc2-c2ccc(-c3ccc4c(-c5ccc6c(c5)C(C)(C)c5cc(-c7ccccc7)ccc5-6)c5ccccc5c(-c5cccc6c5-c5ccccc5C6(C)C)c4c3)cc21. The van der Waals surface area contributed by atoms with Gasteiger partial charge in [-0.1, -0.05) is 435 Å². The average molecular weight is 1710 g/mol. The van der Waals surface area contributed by atoms with Crippen LogP contribution in [0.2, 0.25) is 0 Å². The highest BCUT2D eigenvalue weighted by Crippen LogP contribution is 2.62. The summed E-state index contributed by atoms with van der Waals surface area (Å²) in [7, 11) is 0. The van der Waals surface area contributed by atoms with Crippen molar-refractivity contribution in [3.05, 3.63) is 467 Å². The minimum absolute atomic E-state index is 0.0811. The fourth-order valence-electron chi connectivity index (χ4n) is 25.9. The van der Waals surface area contributed by atoms with Crippen LogP contribution in [0.4, 0.5) is 0 Å². The van der Waals surface area contributed by atoms with Gasteiger partial charge in [0.1, 0.15) is 0 Å². The molecule has 0 bridgehead atoms. The molecule has 134 heavy (non-hydrogen) atoms. The van der Waals surface area contributed by atoms with Crippen molar-refractivity contribution in [1.82, 2.24) is 0 Å². The molecule has 0 aromatic heterocycles. The molecule has 0 spiro atoms. The van der Waals surface area contributed by atoms with Crippen LogP contribution in [0.15, 0.2) is 400 Å². The standard InChI is InChI=1S/C69H52.C65H50/c1-67(2)59-27-14-12-23-55(59)66-56(25-16-28-60(66)67)65-53-22-10-9-21-52(53)64(54-36-30-42(37-57(54)65)43-29-33-49-48-20-11-13-26-58(48)68(3,4)61(49)38-43)45-32-35-51-50-34-31-44(39-62(50)69(5,6)63(51)40-45)47-24-15-18-41-17-7-8-19-46(41)47;1-63(2)55-25-15-13-22-51(55)62-52(23-16-26-56(62)63)61-49-21-11-10-20-48(49)60(43-30-33-47-46-31-27-41(39-17-8-7-9-18-39)36-58(46)65(5,6)59(47)38-43)50-34-29-40(35-53(50)61)42-28-32-45-44-19-12-14-24-54(44)64(3,4)57(45)37-42/h7-40H,1-6H3;7-38H,1-6H3. The lowest BCUT2D eigenvalue weighted by Crippen LogP contribution is -2.15. The summed E-state index contributed by atoms with van der Waals surface area (Å²) < 4.78 is 0. The molecule has 21 aromatic carbocycles. The largest absolute Gasteiger partial charge is 0.0622 e.